The highest BCUT2D eigenvalue weighted by Crippen LogP contribution is 2.31. The lowest BCUT2D eigenvalue weighted by molar-refractivity contribution is -0.164. The molecule has 2 unspecified atom stereocenters. The Morgan fingerprint density at radius 2 is 1.80 bits per heavy atom. The number of amides is 1. The first-order chi connectivity index (χ1) is 9.22. The maximum atomic E-state index is 12.5. The van der Waals surface area contributed by atoms with E-state index in [4.69, 9.17) is 4.74 Å². The summed E-state index contributed by atoms with van der Waals surface area (Å²) in [5.74, 6) is -0.582. The number of nitrogens with one attached hydrogen (secondary N) is 1. The van der Waals surface area contributed by atoms with Crippen LogP contribution in [0.1, 0.15) is 47.5 Å². The first-order valence-corrected chi connectivity index (χ1v) is 7.51. The van der Waals surface area contributed by atoms with E-state index in [0.717, 1.165) is 19.4 Å². The van der Waals surface area contributed by atoms with E-state index in [1.54, 1.807) is 0 Å². The van der Waals surface area contributed by atoms with Gasteiger partial charge < -0.3 is 15.0 Å². The van der Waals surface area contributed by atoms with Crippen molar-refractivity contribution >= 4 is 11.9 Å². The third kappa shape index (κ3) is 3.14. The second-order valence-corrected chi connectivity index (χ2v) is 6.94. The molecular weight excluding hydrogens is 256 g/mol. The van der Waals surface area contributed by atoms with Crippen molar-refractivity contribution in [2.45, 2.75) is 71.2 Å². The maximum absolute atomic E-state index is 12.5. The summed E-state index contributed by atoms with van der Waals surface area (Å²) in [6, 6.07) is 0.141. The number of carbonyl (C=O) groups is 2. The van der Waals surface area contributed by atoms with Gasteiger partial charge in [0.15, 0.2) is 0 Å². The molecule has 114 valence electrons. The highest BCUT2D eigenvalue weighted by atomic mass is 16.6. The highest BCUT2D eigenvalue weighted by molar-refractivity contribution is 5.90. The molecule has 2 aliphatic rings. The van der Waals surface area contributed by atoms with Crippen LogP contribution in [0.5, 0.6) is 0 Å². The zero-order valence-corrected chi connectivity index (χ0v) is 13.1. The van der Waals surface area contributed by atoms with E-state index in [-0.39, 0.29) is 29.9 Å². The Hall–Kier alpha value is -1.10. The number of nitrogens with zero attached hydrogens (tertiary/aromatic N) is 1. The summed E-state index contributed by atoms with van der Waals surface area (Å²) in [5.41, 5.74) is -0.511. The number of rotatable bonds is 2. The lowest BCUT2D eigenvalue weighted by Gasteiger charge is -2.32. The van der Waals surface area contributed by atoms with Crippen LogP contribution >= 0.6 is 0 Å². The maximum Gasteiger partial charge on any atom is 0.311 e. The predicted molar refractivity (Wildman–Crippen MR) is 76.1 cm³/mol. The summed E-state index contributed by atoms with van der Waals surface area (Å²) in [6.45, 7) is 10.4. The fourth-order valence-corrected chi connectivity index (χ4v) is 2.84. The van der Waals surface area contributed by atoms with Crippen LogP contribution in [0.3, 0.4) is 0 Å². The molecule has 5 heteroatoms. The van der Waals surface area contributed by atoms with Crippen LogP contribution in [0.25, 0.3) is 0 Å². The van der Waals surface area contributed by atoms with Crippen LogP contribution < -0.4 is 5.32 Å². The van der Waals surface area contributed by atoms with Crippen molar-refractivity contribution in [1.29, 1.82) is 0 Å². The second-order valence-electron chi connectivity index (χ2n) is 6.94. The van der Waals surface area contributed by atoms with Gasteiger partial charge >= 0.3 is 5.97 Å². The van der Waals surface area contributed by atoms with E-state index in [1.165, 1.54) is 0 Å². The van der Waals surface area contributed by atoms with Gasteiger partial charge in [0.05, 0.1) is 5.92 Å². The number of piperidine rings is 1. The SMILES string of the molecule is CC1C(C)N1C(=O)[C@@H]1NCCC[C@H]1C(=O)OC(C)(C)C. The van der Waals surface area contributed by atoms with Gasteiger partial charge in [0.1, 0.15) is 11.6 Å². The lowest BCUT2D eigenvalue weighted by Crippen LogP contribution is -2.53. The van der Waals surface area contributed by atoms with Crippen LogP contribution in [-0.2, 0) is 14.3 Å². The smallest absolute Gasteiger partial charge is 0.311 e. The summed E-state index contributed by atoms with van der Waals surface area (Å²) in [4.78, 5) is 26.7. The zero-order valence-electron chi connectivity index (χ0n) is 13.1. The topological polar surface area (TPSA) is 58.4 Å². The Morgan fingerprint density at radius 1 is 1.20 bits per heavy atom. The van der Waals surface area contributed by atoms with Crippen molar-refractivity contribution in [3.05, 3.63) is 0 Å². The van der Waals surface area contributed by atoms with Crippen LogP contribution in [0.15, 0.2) is 0 Å². The molecule has 0 aromatic carbocycles. The standard InChI is InChI=1S/C15H26N2O3/c1-9-10(2)17(9)13(18)12-11(7-6-8-16-12)14(19)20-15(3,4)5/h9-12,16H,6-8H2,1-5H3/t9?,10?,11-,12-,17?/m1/s1. The van der Waals surface area contributed by atoms with Crippen molar-refractivity contribution in [3.63, 3.8) is 0 Å². The van der Waals surface area contributed by atoms with Crippen LogP contribution in [-0.4, -0.2) is 47.0 Å². The molecule has 4 atom stereocenters. The van der Waals surface area contributed by atoms with Crippen molar-refractivity contribution in [2.75, 3.05) is 6.54 Å². The average Bonchev–Trinajstić information content (AvgIpc) is 2.94. The number of hydrogen-bond acceptors (Lipinski definition) is 4. The Kier molecular flexibility index (Phi) is 4.09. The minimum Gasteiger partial charge on any atom is -0.460 e. The molecule has 0 aromatic heterocycles. The lowest BCUT2D eigenvalue weighted by atomic mass is 9.90. The average molecular weight is 282 g/mol. The van der Waals surface area contributed by atoms with Crippen molar-refractivity contribution in [3.8, 4) is 0 Å². The molecule has 0 radical (unpaired) electrons. The molecule has 2 saturated heterocycles. The monoisotopic (exact) mass is 282 g/mol. The van der Waals surface area contributed by atoms with Gasteiger partial charge in [-0.15, -0.1) is 0 Å². The van der Waals surface area contributed by atoms with Gasteiger partial charge in [-0.05, 0) is 54.0 Å². The van der Waals surface area contributed by atoms with Gasteiger partial charge in [-0.2, -0.15) is 0 Å². The quantitative estimate of drug-likeness (QED) is 0.613. The molecule has 2 heterocycles. The third-order valence-electron chi connectivity index (χ3n) is 4.17. The zero-order chi connectivity index (χ0) is 15.1. The van der Waals surface area contributed by atoms with Crippen molar-refractivity contribution in [1.82, 2.24) is 10.2 Å². The number of esters is 1. The number of hydrogen-bond donors (Lipinski definition) is 1. The fourth-order valence-electron chi connectivity index (χ4n) is 2.84. The molecule has 5 nitrogen and oxygen atoms in total. The Labute approximate surface area is 121 Å². The summed E-state index contributed by atoms with van der Waals surface area (Å²) >= 11 is 0. The molecule has 2 rings (SSSR count). The number of ether oxygens (including phenoxy) is 1. The van der Waals surface area contributed by atoms with E-state index in [0.29, 0.717) is 0 Å². The predicted octanol–water partition coefficient (Wildman–Crippen LogP) is 1.32. The first-order valence-electron chi connectivity index (χ1n) is 7.51. The van der Waals surface area contributed by atoms with Gasteiger partial charge in [-0.3, -0.25) is 9.59 Å². The molecule has 1 amide bonds. The minimum atomic E-state index is -0.511. The van der Waals surface area contributed by atoms with E-state index in [9.17, 15) is 9.59 Å². The van der Waals surface area contributed by atoms with E-state index in [2.05, 4.69) is 5.32 Å². The molecule has 0 aromatic rings. The first kappa shape index (κ1) is 15.3. The molecular formula is C15H26N2O3. The van der Waals surface area contributed by atoms with Crippen LogP contribution in [0.4, 0.5) is 0 Å². The van der Waals surface area contributed by atoms with Gasteiger partial charge in [-0.1, -0.05) is 0 Å². The largest absolute Gasteiger partial charge is 0.460 e. The van der Waals surface area contributed by atoms with E-state index >= 15 is 0 Å². The Morgan fingerprint density at radius 3 is 2.30 bits per heavy atom. The molecule has 20 heavy (non-hydrogen) atoms. The molecule has 1 N–H and O–H groups in total. The molecule has 2 aliphatic heterocycles. The molecule has 0 spiro atoms. The summed E-state index contributed by atoms with van der Waals surface area (Å²) in [7, 11) is 0. The summed E-state index contributed by atoms with van der Waals surface area (Å²) in [5, 5.41) is 3.21. The van der Waals surface area contributed by atoms with Crippen LogP contribution in [0, 0.1) is 5.92 Å². The summed E-state index contributed by atoms with van der Waals surface area (Å²) in [6.07, 6.45) is 1.62. The van der Waals surface area contributed by atoms with Crippen molar-refractivity contribution in [2.24, 2.45) is 5.92 Å². The number of carbonyl (C=O) groups excluding carboxylic acids is 2. The molecule has 2 fully saturated rings. The van der Waals surface area contributed by atoms with E-state index in [1.807, 2.05) is 39.5 Å². The molecule has 0 saturated carbocycles. The summed E-state index contributed by atoms with van der Waals surface area (Å²) < 4.78 is 5.46. The van der Waals surface area contributed by atoms with Gasteiger partial charge in [0.2, 0.25) is 5.91 Å². The van der Waals surface area contributed by atoms with Gasteiger partial charge in [-0.25, -0.2) is 0 Å². The van der Waals surface area contributed by atoms with Crippen LogP contribution in [0.2, 0.25) is 0 Å². The van der Waals surface area contributed by atoms with Gasteiger partial charge in [0.25, 0.3) is 0 Å². The highest BCUT2D eigenvalue weighted by Gasteiger charge is 2.49. The van der Waals surface area contributed by atoms with E-state index < -0.39 is 11.6 Å². The third-order valence-corrected chi connectivity index (χ3v) is 4.17. The molecule has 0 bridgehead atoms. The Balaban J connectivity index is 2.05. The fraction of sp³-hybridized carbons (Fsp3) is 0.867. The minimum absolute atomic E-state index is 0.0422. The Bertz CT molecular complexity index is 394. The normalized spacial score (nSPS) is 33.8. The van der Waals surface area contributed by atoms with Crippen molar-refractivity contribution < 1.29 is 14.3 Å². The molecule has 0 aliphatic carbocycles. The second kappa shape index (κ2) is 5.35. The van der Waals surface area contributed by atoms with Gasteiger partial charge in [0, 0.05) is 12.1 Å².